The van der Waals surface area contributed by atoms with Gasteiger partial charge in [-0.2, -0.15) is 0 Å². The molecule has 1 fully saturated rings. The minimum atomic E-state index is -0.238. The zero-order valence-electron chi connectivity index (χ0n) is 9.67. The number of hydrogen-bond acceptors (Lipinski definition) is 4. The van der Waals surface area contributed by atoms with Crippen molar-refractivity contribution in [2.75, 3.05) is 13.1 Å². The quantitative estimate of drug-likeness (QED) is 0.829. The van der Waals surface area contributed by atoms with Crippen molar-refractivity contribution in [1.82, 2.24) is 15.6 Å². The molecule has 0 radical (unpaired) electrons. The molecule has 0 aromatic carbocycles. The van der Waals surface area contributed by atoms with Gasteiger partial charge in [0.05, 0.1) is 23.2 Å². The monoisotopic (exact) mass is 239 g/mol. The first-order valence-electron chi connectivity index (χ1n) is 5.50. The minimum Gasteiger partial charge on any atom is -0.351 e. The highest BCUT2D eigenvalue weighted by Gasteiger charge is 2.35. The maximum Gasteiger partial charge on any atom is 0.227 e. The van der Waals surface area contributed by atoms with Gasteiger partial charge in [-0.25, -0.2) is 4.98 Å². The van der Waals surface area contributed by atoms with Crippen LogP contribution in [0.3, 0.4) is 0 Å². The number of rotatable bonds is 3. The van der Waals surface area contributed by atoms with E-state index in [2.05, 4.69) is 15.6 Å². The van der Waals surface area contributed by atoms with E-state index in [4.69, 9.17) is 0 Å². The number of amides is 1. The first kappa shape index (κ1) is 11.5. The van der Waals surface area contributed by atoms with E-state index in [1.807, 2.05) is 19.4 Å². The van der Waals surface area contributed by atoms with Crippen molar-refractivity contribution in [3.8, 4) is 0 Å². The third-order valence-corrected chi connectivity index (χ3v) is 4.11. The van der Waals surface area contributed by atoms with Crippen molar-refractivity contribution in [3.05, 3.63) is 16.1 Å². The smallest absolute Gasteiger partial charge is 0.227 e. The molecule has 0 aliphatic carbocycles. The van der Waals surface area contributed by atoms with Gasteiger partial charge in [0, 0.05) is 11.4 Å². The van der Waals surface area contributed by atoms with Gasteiger partial charge < -0.3 is 10.6 Å². The summed E-state index contributed by atoms with van der Waals surface area (Å²) in [5, 5.41) is 6.23. The Hall–Kier alpha value is -0.940. The van der Waals surface area contributed by atoms with E-state index in [0.717, 1.165) is 30.1 Å². The predicted octanol–water partition coefficient (Wildman–Crippen LogP) is 1.07. The Morgan fingerprint density at radius 2 is 2.56 bits per heavy atom. The lowest BCUT2D eigenvalue weighted by Gasteiger charge is -2.21. The molecule has 2 N–H and O–H groups in total. The summed E-state index contributed by atoms with van der Waals surface area (Å²) < 4.78 is 0. The van der Waals surface area contributed by atoms with Gasteiger partial charge in [0.25, 0.3) is 0 Å². The Morgan fingerprint density at radius 1 is 1.75 bits per heavy atom. The van der Waals surface area contributed by atoms with Crippen molar-refractivity contribution in [2.45, 2.75) is 26.8 Å². The summed E-state index contributed by atoms with van der Waals surface area (Å²) in [6.07, 6.45) is 0.917. The maximum absolute atomic E-state index is 12.0. The SMILES string of the molecule is Cc1ncsc1CNC(=O)C1(C)CCNC1. The molecule has 0 saturated carbocycles. The fourth-order valence-electron chi connectivity index (χ4n) is 1.88. The Balaban J connectivity index is 1.91. The molecule has 1 aliphatic rings. The lowest BCUT2D eigenvalue weighted by atomic mass is 9.89. The molecule has 1 aliphatic heterocycles. The van der Waals surface area contributed by atoms with E-state index in [1.54, 1.807) is 11.3 Å². The van der Waals surface area contributed by atoms with Gasteiger partial charge in [0.1, 0.15) is 0 Å². The van der Waals surface area contributed by atoms with Gasteiger partial charge in [-0.1, -0.05) is 0 Å². The van der Waals surface area contributed by atoms with E-state index in [0.29, 0.717) is 6.54 Å². The number of thiazole rings is 1. The highest BCUT2D eigenvalue weighted by atomic mass is 32.1. The largest absolute Gasteiger partial charge is 0.351 e. The number of carbonyl (C=O) groups excluding carboxylic acids is 1. The molecule has 0 spiro atoms. The van der Waals surface area contributed by atoms with E-state index in [1.165, 1.54) is 0 Å². The Bertz CT molecular complexity index is 382. The molecule has 16 heavy (non-hydrogen) atoms. The third kappa shape index (κ3) is 2.25. The molecule has 1 unspecified atom stereocenters. The second kappa shape index (κ2) is 4.51. The van der Waals surface area contributed by atoms with Gasteiger partial charge >= 0.3 is 0 Å². The van der Waals surface area contributed by atoms with E-state index in [9.17, 15) is 4.79 Å². The molecule has 0 bridgehead atoms. The van der Waals surface area contributed by atoms with E-state index in [-0.39, 0.29) is 11.3 Å². The molecule has 1 amide bonds. The highest BCUT2D eigenvalue weighted by Crippen LogP contribution is 2.24. The number of aromatic nitrogens is 1. The minimum absolute atomic E-state index is 0.144. The van der Waals surface area contributed by atoms with Crippen LogP contribution in [-0.4, -0.2) is 24.0 Å². The number of hydrogen-bond donors (Lipinski definition) is 2. The molecule has 2 heterocycles. The molecule has 88 valence electrons. The maximum atomic E-state index is 12.0. The first-order chi connectivity index (χ1) is 7.62. The molecule has 4 nitrogen and oxygen atoms in total. The molecule has 2 rings (SSSR count). The van der Waals surface area contributed by atoms with Gasteiger partial charge in [-0.05, 0) is 26.8 Å². The summed E-state index contributed by atoms with van der Waals surface area (Å²) >= 11 is 1.59. The molecule has 1 saturated heterocycles. The van der Waals surface area contributed by atoms with Crippen molar-refractivity contribution < 1.29 is 4.79 Å². The topological polar surface area (TPSA) is 54.0 Å². The second-order valence-electron chi connectivity index (χ2n) is 4.53. The fourth-order valence-corrected chi connectivity index (χ4v) is 2.60. The standard InChI is InChI=1S/C11H17N3OS/c1-8-9(16-7-14-8)5-13-10(15)11(2)3-4-12-6-11/h7,12H,3-6H2,1-2H3,(H,13,15). The highest BCUT2D eigenvalue weighted by molar-refractivity contribution is 7.09. The lowest BCUT2D eigenvalue weighted by molar-refractivity contribution is -0.129. The fraction of sp³-hybridized carbons (Fsp3) is 0.636. The van der Waals surface area contributed by atoms with Crippen LogP contribution in [0.15, 0.2) is 5.51 Å². The van der Waals surface area contributed by atoms with E-state index < -0.39 is 0 Å². The van der Waals surface area contributed by atoms with Crippen molar-refractivity contribution in [1.29, 1.82) is 0 Å². The van der Waals surface area contributed by atoms with Gasteiger partial charge in [0.2, 0.25) is 5.91 Å². The third-order valence-electron chi connectivity index (χ3n) is 3.17. The van der Waals surface area contributed by atoms with Crippen LogP contribution in [0.1, 0.15) is 23.9 Å². The van der Waals surface area contributed by atoms with E-state index >= 15 is 0 Å². The van der Waals surface area contributed by atoms with Crippen molar-refractivity contribution in [3.63, 3.8) is 0 Å². The number of nitrogens with one attached hydrogen (secondary N) is 2. The average Bonchev–Trinajstić information content (AvgIpc) is 2.85. The lowest BCUT2D eigenvalue weighted by Crippen LogP contribution is -2.39. The van der Waals surface area contributed by atoms with Crippen LogP contribution in [0, 0.1) is 12.3 Å². The molecule has 1 aromatic heterocycles. The Labute approximate surface area is 99.5 Å². The molecule has 5 heteroatoms. The number of nitrogens with zero attached hydrogens (tertiary/aromatic N) is 1. The zero-order valence-corrected chi connectivity index (χ0v) is 10.5. The van der Waals surface area contributed by atoms with Crippen LogP contribution < -0.4 is 10.6 Å². The van der Waals surface area contributed by atoms with Gasteiger partial charge in [-0.3, -0.25) is 4.79 Å². The van der Waals surface area contributed by atoms with Crippen molar-refractivity contribution in [2.24, 2.45) is 5.41 Å². The zero-order chi connectivity index (χ0) is 11.6. The second-order valence-corrected chi connectivity index (χ2v) is 5.47. The first-order valence-corrected chi connectivity index (χ1v) is 6.38. The van der Waals surface area contributed by atoms with Crippen LogP contribution in [0.4, 0.5) is 0 Å². The summed E-state index contributed by atoms with van der Waals surface area (Å²) in [7, 11) is 0. The average molecular weight is 239 g/mol. The van der Waals surface area contributed by atoms with Crippen LogP contribution in [0.5, 0.6) is 0 Å². The summed E-state index contributed by atoms with van der Waals surface area (Å²) in [5.74, 6) is 0.144. The van der Waals surface area contributed by atoms with Gasteiger partial charge in [0.15, 0.2) is 0 Å². The van der Waals surface area contributed by atoms with Crippen molar-refractivity contribution >= 4 is 17.2 Å². The molecular weight excluding hydrogens is 222 g/mol. The number of carbonyl (C=O) groups is 1. The molecular formula is C11H17N3OS. The summed E-state index contributed by atoms with van der Waals surface area (Å²) in [4.78, 5) is 17.3. The van der Waals surface area contributed by atoms with Crippen LogP contribution in [0.2, 0.25) is 0 Å². The number of aryl methyl sites for hydroxylation is 1. The summed E-state index contributed by atoms with van der Waals surface area (Å²) in [6.45, 7) is 6.30. The summed E-state index contributed by atoms with van der Waals surface area (Å²) in [5.41, 5.74) is 2.59. The summed E-state index contributed by atoms with van der Waals surface area (Å²) in [6, 6.07) is 0. The normalized spacial score (nSPS) is 24.6. The Kier molecular flexibility index (Phi) is 3.25. The molecule has 1 aromatic rings. The van der Waals surface area contributed by atoms with Gasteiger partial charge in [-0.15, -0.1) is 11.3 Å². The predicted molar refractivity (Wildman–Crippen MR) is 64.3 cm³/mol. The van der Waals surface area contributed by atoms with Crippen LogP contribution in [-0.2, 0) is 11.3 Å². The Morgan fingerprint density at radius 3 is 3.12 bits per heavy atom. The molecule has 1 atom stereocenters. The van der Waals surface area contributed by atoms with Crippen LogP contribution in [0.25, 0.3) is 0 Å². The van der Waals surface area contributed by atoms with Crippen LogP contribution >= 0.6 is 11.3 Å².